The molecule has 0 unspecified atom stereocenters. The summed E-state index contributed by atoms with van der Waals surface area (Å²) < 4.78 is 40.5. The number of rotatable bonds is 4. The van der Waals surface area contributed by atoms with E-state index in [0.29, 0.717) is 35.7 Å². The van der Waals surface area contributed by atoms with Crippen LogP contribution in [0.3, 0.4) is 0 Å². The maximum atomic E-state index is 13.5. The molecule has 160 valence electrons. The predicted octanol–water partition coefficient (Wildman–Crippen LogP) is 5.55. The number of pyridine rings is 1. The molecule has 0 saturated heterocycles. The summed E-state index contributed by atoms with van der Waals surface area (Å²) in [5, 5.41) is 12.6. The molecule has 4 rings (SSSR count). The minimum atomic E-state index is -4.49. The van der Waals surface area contributed by atoms with Crippen molar-refractivity contribution in [2.75, 3.05) is 23.3 Å². The Morgan fingerprint density at radius 3 is 2.71 bits per heavy atom. The average molecular weight is 448 g/mol. The van der Waals surface area contributed by atoms with Gasteiger partial charge in [-0.1, -0.05) is 23.7 Å². The highest BCUT2D eigenvalue weighted by molar-refractivity contribution is 6.30. The van der Waals surface area contributed by atoms with Crippen molar-refractivity contribution in [3.05, 3.63) is 76.4 Å². The van der Waals surface area contributed by atoms with Crippen LogP contribution in [0.15, 0.2) is 54.7 Å². The largest absolute Gasteiger partial charge is 0.478 e. The Balaban J connectivity index is 1.72. The molecule has 0 saturated carbocycles. The van der Waals surface area contributed by atoms with E-state index < -0.39 is 17.7 Å². The van der Waals surface area contributed by atoms with Crippen LogP contribution in [0.2, 0.25) is 5.02 Å². The second-order valence-electron chi connectivity index (χ2n) is 7.13. The number of nitrogens with zero attached hydrogens (tertiary/aromatic N) is 2. The molecule has 0 radical (unpaired) electrons. The van der Waals surface area contributed by atoms with Crippen molar-refractivity contribution in [1.29, 1.82) is 0 Å². The molecule has 1 aliphatic rings. The van der Waals surface area contributed by atoms with E-state index in [-0.39, 0.29) is 22.7 Å². The van der Waals surface area contributed by atoms with Crippen LogP contribution in [0.4, 0.5) is 24.7 Å². The fourth-order valence-corrected chi connectivity index (χ4v) is 3.78. The highest BCUT2D eigenvalue weighted by Crippen LogP contribution is 2.37. The van der Waals surface area contributed by atoms with Crippen LogP contribution in [-0.2, 0) is 12.7 Å². The van der Waals surface area contributed by atoms with Crippen molar-refractivity contribution in [1.82, 2.24) is 4.98 Å². The van der Waals surface area contributed by atoms with Gasteiger partial charge >= 0.3 is 12.1 Å². The first-order chi connectivity index (χ1) is 14.7. The van der Waals surface area contributed by atoms with E-state index in [2.05, 4.69) is 10.3 Å². The summed E-state index contributed by atoms with van der Waals surface area (Å²) in [4.78, 5) is 17.5. The van der Waals surface area contributed by atoms with Crippen LogP contribution in [0.1, 0.15) is 21.5 Å². The molecule has 2 aromatic carbocycles. The molecule has 31 heavy (non-hydrogen) atoms. The molecular formula is C22H17ClF3N3O2. The number of carboxylic acid groups (broad SMARTS) is 1. The Morgan fingerprint density at radius 1 is 1.16 bits per heavy atom. The van der Waals surface area contributed by atoms with Crippen molar-refractivity contribution >= 4 is 29.1 Å². The van der Waals surface area contributed by atoms with Gasteiger partial charge in [-0.2, -0.15) is 13.2 Å². The van der Waals surface area contributed by atoms with Gasteiger partial charge in [-0.3, -0.25) is 0 Å². The molecule has 0 atom stereocenters. The van der Waals surface area contributed by atoms with E-state index in [4.69, 9.17) is 11.6 Å². The van der Waals surface area contributed by atoms with Gasteiger partial charge in [0.25, 0.3) is 0 Å². The second kappa shape index (κ2) is 8.11. The number of carboxylic acids is 1. The summed E-state index contributed by atoms with van der Waals surface area (Å²) in [7, 11) is 0. The molecule has 3 aromatic rings. The van der Waals surface area contributed by atoms with Crippen LogP contribution in [0.25, 0.3) is 11.1 Å². The lowest BCUT2D eigenvalue weighted by atomic mass is 10.0. The van der Waals surface area contributed by atoms with Crippen LogP contribution >= 0.6 is 11.6 Å². The number of carbonyl (C=O) groups is 1. The molecule has 0 amide bonds. The van der Waals surface area contributed by atoms with E-state index >= 15 is 0 Å². The number of hydrogen-bond donors (Lipinski definition) is 2. The quantitative estimate of drug-likeness (QED) is 0.549. The fourth-order valence-electron chi connectivity index (χ4n) is 3.59. The zero-order valence-corrected chi connectivity index (χ0v) is 16.8. The lowest BCUT2D eigenvalue weighted by Crippen LogP contribution is -2.34. The minimum absolute atomic E-state index is 0.00435. The zero-order valence-electron chi connectivity index (χ0n) is 16.1. The first-order valence-electron chi connectivity index (χ1n) is 9.40. The SMILES string of the molecule is O=C(O)c1cccc(-c2cnc3c(c2)N(Cc2cc(Cl)ccc2C(F)(F)F)CCN3)c1. The third-order valence-corrected chi connectivity index (χ3v) is 5.29. The van der Waals surface area contributed by atoms with E-state index in [9.17, 15) is 23.1 Å². The van der Waals surface area contributed by atoms with E-state index in [1.165, 1.54) is 24.3 Å². The number of anilines is 2. The van der Waals surface area contributed by atoms with Crippen molar-refractivity contribution in [2.45, 2.75) is 12.7 Å². The van der Waals surface area contributed by atoms with Crippen molar-refractivity contribution in [3.63, 3.8) is 0 Å². The number of hydrogen-bond acceptors (Lipinski definition) is 4. The number of benzene rings is 2. The van der Waals surface area contributed by atoms with E-state index in [1.54, 1.807) is 24.4 Å². The molecule has 0 bridgehead atoms. The normalized spacial score (nSPS) is 13.5. The van der Waals surface area contributed by atoms with E-state index in [0.717, 1.165) is 6.07 Å². The molecule has 2 N–H and O–H groups in total. The van der Waals surface area contributed by atoms with Crippen LogP contribution in [-0.4, -0.2) is 29.1 Å². The molecule has 0 spiro atoms. The first-order valence-corrected chi connectivity index (χ1v) is 9.78. The summed E-state index contributed by atoms with van der Waals surface area (Å²) in [5.74, 6) is -0.489. The summed E-state index contributed by atoms with van der Waals surface area (Å²) in [6.07, 6.45) is -2.88. The van der Waals surface area contributed by atoms with Gasteiger partial charge in [0.05, 0.1) is 16.8 Å². The number of nitrogens with one attached hydrogen (secondary N) is 1. The van der Waals surface area contributed by atoms with Gasteiger partial charge in [0.1, 0.15) is 5.82 Å². The number of aromatic carboxylic acids is 1. The Hall–Kier alpha value is -3.26. The first kappa shape index (κ1) is 21.0. The zero-order chi connectivity index (χ0) is 22.2. The summed E-state index contributed by atoms with van der Waals surface area (Å²) in [5.41, 5.74) is 1.44. The predicted molar refractivity (Wildman–Crippen MR) is 113 cm³/mol. The molecule has 5 nitrogen and oxygen atoms in total. The van der Waals surface area contributed by atoms with E-state index in [1.807, 2.05) is 4.90 Å². The number of alkyl halides is 3. The number of fused-ring (bicyclic) bond motifs is 1. The van der Waals surface area contributed by atoms with Gasteiger partial charge < -0.3 is 15.3 Å². The maximum absolute atomic E-state index is 13.5. The van der Waals surface area contributed by atoms with Crippen LogP contribution < -0.4 is 10.2 Å². The van der Waals surface area contributed by atoms with Gasteiger partial charge in [-0.25, -0.2) is 9.78 Å². The highest BCUT2D eigenvalue weighted by atomic mass is 35.5. The number of aromatic nitrogens is 1. The minimum Gasteiger partial charge on any atom is -0.478 e. The molecule has 0 aliphatic carbocycles. The standard InChI is InChI=1S/C22H17ClF3N3O2/c23-17-4-5-18(22(24,25)26)16(9-17)12-29-7-6-27-20-19(29)10-15(11-28-20)13-2-1-3-14(8-13)21(30)31/h1-5,8-11H,6-7,12H2,(H,27,28)(H,30,31). The van der Waals surface area contributed by atoms with Gasteiger partial charge in [0.2, 0.25) is 0 Å². The smallest absolute Gasteiger partial charge is 0.416 e. The molecule has 0 fully saturated rings. The summed E-state index contributed by atoms with van der Waals surface area (Å²) >= 11 is 5.97. The van der Waals surface area contributed by atoms with Gasteiger partial charge in [0, 0.05) is 36.4 Å². The Labute approximate surface area is 181 Å². The maximum Gasteiger partial charge on any atom is 0.416 e. The van der Waals surface area contributed by atoms with Crippen LogP contribution in [0.5, 0.6) is 0 Å². The molecule has 9 heteroatoms. The molecule has 2 heterocycles. The van der Waals surface area contributed by atoms with Crippen molar-refractivity contribution in [3.8, 4) is 11.1 Å². The molecular weight excluding hydrogens is 431 g/mol. The summed E-state index contributed by atoms with van der Waals surface area (Å²) in [6, 6.07) is 11.8. The summed E-state index contributed by atoms with van der Waals surface area (Å²) in [6.45, 7) is 0.997. The van der Waals surface area contributed by atoms with Gasteiger partial charge in [-0.15, -0.1) is 0 Å². The monoisotopic (exact) mass is 447 g/mol. The average Bonchev–Trinajstić information content (AvgIpc) is 2.73. The van der Waals surface area contributed by atoms with Crippen molar-refractivity contribution in [2.24, 2.45) is 0 Å². The Bertz CT molecular complexity index is 1150. The third-order valence-electron chi connectivity index (χ3n) is 5.06. The molecule has 1 aromatic heterocycles. The van der Waals surface area contributed by atoms with Crippen molar-refractivity contribution < 1.29 is 23.1 Å². The highest BCUT2D eigenvalue weighted by Gasteiger charge is 2.34. The Morgan fingerprint density at radius 2 is 1.97 bits per heavy atom. The number of halogens is 4. The second-order valence-corrected chi connectivity index (χ2v) is 7.56. The third kappa shape index (κ3) is 4.44. The van der Waals surface area contributed by atoms with Gasteiger partial charge in [-0.05, 0) is 47.5 Å². The molecule has 1 aliphatic heterocycles. The fraction of sp³-hybridized carbons (Fsp3) is 0.182. The van der Waals surface area contributed by atoms with Gasteiger partial charge in [0.15, 0.2) is 0 Å². The lowest BCUT2D eigenvalue weighted by Gasteiger charge is -2.32. The Kier molecular flexibility index (Phi) is 5.49. The lowest BCUT2D eigenvalue weighted by molar-refractivity contribution is -0.138. The topological polar surface area (TPSA) is 65.5 Å². The van der Waals surface area contributed by atoms with Crippen LogP contribution in [0, 0.1) is 0 Å².